The van der Waals surface area contributed by atoms with Crippen molar-refractivity contribution in [2.45, 2.75) is 25.8 Å². The molecule has 1 fully saturated rings. The molecule has 2 aliphatic heterocycles. The van der Waals surface area contributed by atoms with Gasteiger partial charge >= 0.3 is 0 Å². The summed E-state index contributed by atoms with van der Waals surface area (Å²) < 4.78 is 10.7. The number of hydrogen-bond acceptors (Lipinski definition) is 5. The van der Waals surface area contributed by atoms with Crippen molar-refractivity contribution < 1.29 is 19.1 Å². The maximum absolute atomic E-state index is 12.7. The highest BCUT2D eigenvalue weighted by molar-refractivity contribution is 5.95. The van der Waals surface area contributed by atoms with Crippen LogP contribution >= 0.6 is 12.4 Å². The summed E-state index contributed by atoms with van der Waals surface area (Å²) in [4.78, 5) is 24.2. The molecule has 7 nitrogen and oxygen atoms in total. The first kappa shape index (κ1) is 19.5. The molecular weight excluding hydrogens is 346 g/mol. The van der Waals surface area contributed by atoms with Gasteiger partial charge in [-0.15, -0.1) is 12.4 Å². The topological polar surface area (TPSA) is 103 Å². The van der Waals surface area contributed by atoms with Gasteiger partial charge in [-0.3, -0.25) is 9.59 Å². The van der Waals surface area contributed by atoms with E-state index in [9.17, 15) is 9.59 Å². The summed E-state index contributed by atoms with van der Waals surface area (Å²) in [5.41, 5.74) is 6.85. The number of benzene rings is 1. The standard InChI is InChI=1S/C17H23N3O4.ClH/c1-11(19-16(22)17(10-18)4-6-23-7-5-17)12-2-3-14-13(8-12)20-15(21)9-24-14;/h2-3,8,11H,4-7,9-10,18H2,1H3,(H,19,22)(H,20,21);1H. The molecule has 0 aliphatic carbocycles. The van der Waals surface area contributed by atoms with E-state index in [1.54, 1.807) is 6.07 Å². The summed E-state index contributed by atoms with van der Waals surface area (Å²) in [7, 11) is 0. The number of anilines is 1. The van der Waals surface area contributed by atoms with Gasteiger partial charge in [0.25, 0.3) is 5.91 Å². The molecule has 138 valence electrons. The number of carbonyl (C=O) groups is 2. The zero-order chi connectivity index (χ0) is 17.2. The Bertz CT molecular complexity index is 647. The molecule has 2 heterocycles. The smallest absolute Gasteiger partial charge is 0.262 e. The highest BCUT2D eigenvalue weighted by Crippen LogP contribution is 2.33. The van der Waals surface area contributed by atoms with Gasteiger partial charge in [0, 0.05) is 19.8 Å². The predicted octanol–water partition coefficient (Wildman–Crippen LogP) is 1.37. The van der Waals surface area contributed by atoms with Crippen molar-refractivity contribution in [1.29, 1.82) is 0 Å². The molecule has 0 bridgehead atoms. The summed E-state index contributed by atoms with van der Waals surface area (Å²) in [5.74, 6) is 0.416. The molecule has 8 heteroatoms. The summed E-state index contributed by atoms with van der Waals surface area (Å²) in [6, 6.07) is 5.32. The fourth-order valence-electron chi connectivity index (χ4n) is 3.09. The van der Waals surface area contributed by atoms with Crippen LogP contribution in [0.5, 0.6) is 5.75 Å². The number of ether oxygens (including phenoxy) is 2. The van der Waals surface area contributed by atoms with Crippen LogP contribution in [0.15, 0.2) is 18.2 Å². The van der Waals surface area contributed by atoms with Crippen LogP contribution in [0.25, 0.3) is 0 Å². The second-order valence-electron chi connectivity index (χ2n) is 6.38. The lowest BCUT2D eigenvalue weighted by atomic mass is 9.79. The quantitative estimate of drug-likeness (QED) is 0.743. The van der Waals surface area contributed by atoms with Crippen molar-refractivity contribution in [3.05, 3.63) is 23.8 Å². The number of rotatable bonds is 4. The first-order chi connectivity index (χ1) is 11.5. The van der Waals surface area contributed by atoms with Crippen LogP contribution in [-0.2, 0) is 14.3 Å². The van der Waals surface area contributed by atoms with E-state index < -0.39 is 5.41 Å². The third kappa shape index (κ3) is 4.05. The molecule has 25 heavy (non-hydrogen) atoms. The average Bonchev–Trinajstić information content (AvgIpc) is 2.61. The minimum absolute atomic E-state index is 0. The van der Waals surface area contributed by atoms with Gasteiger partial charge in [0.05, 0.1) is 17.1 Å². The van der Waals surface area contributed by atoms with Gasteiger partial charge in [-0.25, -0.2) is 0 Å². The Morgan fingerprint density at radius 2 is 2.12 bits per heavy atom. The van der Waals surface area contributed by atoms with Gasteiger partial charge in [-0.05, 0) is 37.5 Å². The number of nitrogens with two attached hydrogens (primary N) is 1. The van der Waals surface area contributed by atoms with E-state index in [0.29, 0.717) is 44.0 Å². The molecule has 2 aliphatic rings. The van der Waals surface area contributed by atoms with Crippen LogP contribution in [0.3, 0.4) is 0 Å². The van der Waals surface area contributed by atoms with Crippen molar-refractivity contribution in [1.82, 2.24) is 5.32 Å². The molecule has 1 aromatic rings. The number of amides is 2. The molecule has 4 N–H and O–H groups in total. The monoisotopic (exact) mass is 369 g/mol. The molecule has 3 rings (SSSR count). The minimum Gasteiger partial charge on any atom is -0.482 e. The Labute approximate surface area is 153 Å². The molecule has 0 radical (unpaired) electrons. The van der Waals surface area contributed by atoms with Crippen LogP contribution in [-0.4, -0.2) is 38.2 Å². The Morgan fingerprint density at radius 3 is 2.80 bits per heavy atom. The van der Waals surface area contributed by atoms with E-state index in [1.807, 2.05) is 19.1 Å². The Kier molecular flexibility index (Phi) is 6.26. The molecular formula is C17H24ClN3O4. The van der Waals surface area contributed by atoms with E-state index in [0.717, 1.165) is 5.56 Å². The molecule has 0 saturated carbocycles. The number of fused-ring (bicyclic) bond motifs is 1. The summed E-state index contributed by atoms with van der Waals surface area (Å²) in [5, 5.41) is 5.82. The van der Waals surface area contributed by atoms with Crippen LogP contribution in [0.4, 0.5) is 5.69 Å². The predicted molar refractivity (Wildman–Crippen MR) is 95.9 cm³/mol. The second kappa shape index (κ2) is 8.03. The van der Waals surface area contributed by atoms with E-state index >= 15 is 0 Å². The molecule has 2 amide bonds. The maximum Gasteiger partial charge on any atom is 0.262 e. The van der Waals surface area contributed by atoms with Gasteiger partial charge in [0.15, 0.2) is 6.61 Å². The van der Waals surface area contributed by atoms with E-state index in [-0.39, 0.29) is 36.9 Å². The lowest BCUT2D eigenvalue weighted by Crippen LogP contribution is -2.49. The van der Waals surface area contributed by atoms with Crippen molar-refractivity contribution in [3.63, 3.8) is 0 Å². The molecule has 1 saturated heterocycles. The average molecular weight is 370 g/mol. The SMILES string of the molecule is CC(NC(=O)C1(CN)CCOCC1)c1ccc2c(c1)NC(=O)CO2.Cl. The summed E-state index contributed by atoms with van der Waals surface area (Å²) in [6.07, 6.45) is 1.27. The van der Waals surface area contributed by atoms with Gasteiger partial charge in [-0.2, -0.15) is 0 Å². The molecule has 1 unspecified atom stereocenters. The van der Waals surface area contributed by atoms with Gasteiger partial charge in [-0.1, -0.05) is 6.07 Å². The largest absolute Gasteiger partial charge is 0.482 e. The molecule has 0 spiro atoms. The summed E-state index contributed by atoms with van der Waals surface area (Å²) in [6.45, 7) is 3.36. The van der Waals surface area contributed by atoms with Gasteiger partial charge in [0.1, 0.15) is 5.75 Å². The highest BCUT2D eigenvalue weighted by atomic mass is 35.5. The van der Waals surface area contributed by atoms with E-state index in [1.165, 1.54) is 0 Å². The van der Waals surface area contributed by atoms with E-state index in [2.05, 4.69) is 10.6 Å². The van der Waals surface area contributed by atoms with Gasteiger partial charge in [0.2, 0.25) is 5.91 Å². The van der Waals surface area contributed by atoms with Gasteiger partial charge < -0.3 is 25.8 Å². The fraction of sp³-hybridized carbons (Fsp3) is 0.529. The second-order valence-corrected chi connectivity index (χ2v) is 6.38. The zero-order valence-electron chi connectivity index (χ0n) is 14.2. The Hall–Kier alpha value is -1.83. The summed E-state index contributed by atoms with van der Waals surface area (Å²) >= 11 is 0. The van der Waals surface area contributed by atoms with Crippen molar-refractivity contribution in [2.24, 2.45) is 11.1 Å². The van der Waals surface area contributed by atoms with Crippen LogP contribution in [0.1, 0.15) is 31.4 Å². The lowest BCUT2D eigenvalue weighted by molar-refractivity contribution is -0.136. The highest BCUT2D eigenvalue weighted by Gasteiger charge is 2.39. The van der Waals surface area contributed by atoms with Crippen LogP contribution in [0.2, 0.25) is 0 Å². The first-order valence-electron chi connectivity index (χ1n) is 8.19. The molecule has 1 atom stereocenters. The zero-order valence-corrected chi connectivity index (χ0v) is 15.0. The van der Waals surface area contributed by atoms with Crippen LogP contribution in [0, 0.1) is 5.41 Å². The minimum atomic E-state index is -0.557. The van der Waals surface area contributed by atoms with Crippen molar-refractivity contribution in [2.75, 3.05) is 31.7 Å². The maximum atomic E-state index is 12.7. The van der Waals surface area contributed by atoms with Crippen molar-refractivity contribution >= 4 is 29.9 Å². The number of nitrogens with one attached hydrogen (secondary N) is 2. The Morgan fingerprint density at radius 1 is 1.40 bits per heavy atom. The normalized spacial score (nSPS) is 19.5. The first-order valence-corrected chi connectivity index (χ1v) is 8.19. The van der Waals surface area contributed by atoms with Crippen LogP contribution < -0.4 is 21.1 Å². The number of halogens is 1. The number of carbonyl (C=O) groups excluding carboxylic acids is 2. The lowest BCUT2D eigenvalue weighted by Gasteiger charge is -2.35. The third-order valence-electron chi connectivity index (χ3n) is 4.81. The van der Waals surface area contributed by atoms with E-state index in [4.69, 9.17) is 15.2 Å². The molecule has 1 aromatic carbocycles. The Balaban J connectivity index is 0.00000225. The van der Waals surface area contributed by atoms with Crippen molar-refractivity contribution in [3.8, 4) is 5.75 Å². The third-order valence-corrected chi connectivity index (χ3v) is 4.81. The fourth-order valence-corrected chi connectivity index (χ4v) is 3.09. The number of hydrogen-bond donors (Lipinski definition) is 3. The molecule has 0 aromatic heterocycles.